The van der Waals surface area contributed by atoms with Crippen molar-refractivity contribution in [1.82, 2.24) is 0 Å². The monoisotopic (exact) mass is 617 g/mol. The van der Waals surface area contributed by atoms with E-state index < -0.39 is 0 Å². The number of fused-ring (bicyclic) bond motifs is 5. The van der Waals surface area contributed by atoms with E-state index in [2.05, 4.69) is 105 Å². The van der Waals surface area contributed by atoms with Crippen molar-refractivity contribution in [3.05, 3.63) is 187 Å². The molecule has 8 aromatic carbocycles. The summed E-state index contributed by atoms with van der Waals surface area (Å²) in [7, 11) is 0. The Hall–Kier alpha value is -5.92. The largest absolute Gasteiger partial charge is 0.310 e. The Morgan fingerprint density at radius 3 is 1.71 bits per heavy atom. The number of benzene rings is 8. The van der Waals surface area contributed by atoms with E-state index in [0.29, 0.717) is 11.1 Å². The maximum atomic E-state index is 9.72. The van der Waals surface area contributed by atoms with Crippen LogP contribution in [0.25, 0.3) is 54.9 Å². The van der Waals surface area contributed by atoms with Crippen LogP contribution >= 0.6 is 0 Å². The predicted octanol–water partition coefficient (Wildman–Crippen LogP) is 13.1. The van der Waals surface area contributed by atoms with E-state index in [1.54, 1.807) is 0 Å². The zero-order valence-corrected chi connectivity index (χ0v) is 26.9. The van der Waals surface area contributed by atoms with Crippen LogP contribution < -0.4 is 4.90 Å². The molecule has 0 saturated heterocycles. The molecule has 0 unspecified atom stereocenters. The lowest BCUT2D eigenvalue weighted by Crippen LogP contribution is -2.16. The average molecular weight is 618 g/mol. The van der Waals surface area contributed by atoms with E-state index in [4.69, 9.17) is 2.74 Å². The molecule has 1 aliphatic carbocycles. The predicted molar refractivity (Wildman–Crippen MR) is 205 cm³/mol. The lowest BCUT2D eigenvalue weighted by molar-refractivity contribution is 0.660. The summed E-state index contributed by atoms with van der Waals surface area (Å²) >= 11 is 0. The molecule has 0 amide bonds. The third-order valence-corrected chi connectivity index (χ3v) is 9.91. The summed E-state index contributed by atoms with van der Waals surface area (Å²) < 4.78 is 37.1. The molecule has 0 atom stereocenters. The normalized spacial score (nSPS) is 14.1. The van der Waals surface area contributed by atoms with Gasteiger partial charge in [-0.25, -0.2) is 0 Å². The Labute approximate surface area is 288 Å². The van der Waals surface area contributed by atoms with Crippen molar-refractivity contribution >= 4 is 38.6 Å². The molecule has 0 heterocycles. The minimum absolute atomic E-state index is 0.0444. The van der Waals surface area contributed by atoms with Gasteiger partial charge in [0.05, 0.1) is 5.48 Å². The first-order chi connectivity index (χ1) is 25.2. The van der Waals surface area contributed by atoms with Gasteiger partial charge in [-0.05, 0) is 115 Å². The summed E-state index contributed by atoms with van der Waals surface area (Å²) in [6.07, 6.45) is 0. The highest BCUT2D eigenvalue weighted by molar-refractivity contribution is 5.91. The smallest absolute Gasteiger partial charge is 0.0651 e. The Kier molecular flexibility index (Phi) is 5.62. The van der Waals surface area contributed by atoms with Crippen LogP contribution in [0.3, 0.4) is 0 Å². The maximum Gasteiger partial charge on any atom is 0.0651 e. The van der Waals surface area contributed by atoms with E-state index >= 15 is 0 Å². The second kappa shape index (κ2) is 11.1. The van der Waals surface area contributed by atoms with Crippen molar-refractivity contribution in [2.45, 2.75) is 19.3 Å². The van der Waals surface area contributed by atoms with Crippen molar-refractivity contribution in [3.63, 3.8) is 0 Å². The van der Waals surface area contributed by atoms with Crippen LogP contribution in [-0.2, 0) is 5.41 Å². The van der Waals surface area contributed by atoms with E-state index in [1.165, 1.54) is 33.0 Å². The van der Waals surface area contributed by atoms with Gasteiger partial charge in [0.25, 0.3) is 0 Å². The fourth-order valence-electron chi connectivity index (χ4n) is 7.35. The van der Waals surface area contributed by atoms with Crippen molar-refractivity contribution in [2.24, 2.45) is 0 Å². The van der Waals surface area contributed by atoms with E-state index in [-0.39, 0.29) is 35.3 Å². The van der Waals surface area contributed by atoms with Gasteiger partial charge in [-0.3, -0.25) is 0 Å². The lowest BCUT2D eigenvalue weighted by atomic mass is 9.82. The summed E-state index contributed by atoms with van der Waals surface area (Å²) in [6.45, 7) is 4.48. The van der Waals surface area contributed by atoms with Gasteiger partial charge < -0.3 is 4.90 Å². The maximum absolute atomic E-state index is 9.72. The molecule has 1 aliphatic rings. The van der Waals surface area contributed by atoms with Gasteiger partial charge in [0, 0.05) is 22.5 Å². The number of anilines is 3. The highest BCUT2D eigenvalue weighted by Crippen LogP contribution is 2.50. The molecule has 8 aromatic rings. The van der Waals surface area contributed by atoms with Crippen molar-refractivity contribution in [3.8, 4) is 33.4 Å². The summed E-state index contributed by atoms with van der Waals surface area (Å²) in [5, 5.41) is 4.41. The van der Waals surface area contributed by atoms with Crippen LogP contribution in [0.4, 0.5) is 17.1 Å². The number of nitrogens with zero attached hydrogens (tertiary/aromatic N) is 1. The van der Waals surface area contributed by atoms with Gasteiger partial charge in [-0.15, -0.1) is 0 Å². The van der Waals surface area contributed by atoms with Crippen LogP contribution in [0.1, 0.15) is 30.5 Å². The Bertz CT molecular complexity index is 2710. The number of hydrogen-bond acceptors (Lipinski definition) is 1. The zero-order chi connectivity index (χ0) is 35.7. The van der Waals surface area contributed by atoms with Gasteiger partial charge in [0.2, 0.25) is 0 Å². The second-order valence-electron chi connectivity index (χ2n) is 13.1. The van der Waals surface area contributed by atoms with Crippen LogP contribution in [0.15, 0.2) is 176 Å². The number of rotatable bonds is 5. The average Bonchev–Trinajstić information content (AvgIpc) is 3.41. The highest BCUT2D eigenvalue weighted by atomic mass is 15.1. The molecule has 0 saturated carbocycles. The SMILES string of the molecule is [2H]c1c([2H])c(-c2ccc3ccccc3c2)c([2H])c(N(c2ccc(-c3ccc4ccccc4c3)cc2)c2ccc3c(c2)C(C)(C)c2ccccc2-3)c1[2H]. The Balaban J connectivity index is 1.25. The fraction of sp³-hybridized carbons (Fsp3) is 0.0638. The quantitative estimate of drug-likeness (QED) is 0.186. The molecule has 0 spiro atoms. The molecule has 0 bridgehead atoms. The fourth-order valence-corrected chi connectivity index (χ4v) is 7.35. The third kappa shape index (κ3) is 4.70. The molecule has 48 heavy (non-hydrogen) atoms. The molecule has 228 valence electrons. The Morgan fingerprint density at radius 2 is 1.00 bits per heavy atom. The molecular formula is C47H35N. The van der Waals surface area contributed by atoms with Gasteiger partial charge >= 0.3 is 0 Å². The highest BCUT2D eigenvalue weighted by Gasteiger charge is 2.35. The second-order valence-corrected chi connectivity index (χ2v) is 13.1. The van der Waals surface area contributed by atoms with Crippen molar-refractivity contribution in [1.29, 1.82) is 0 Å². The molecule has 1 nitrogen and oxygen atoms in total. The standard InChI is InChI=1S/C47H35N/c1-47(2)45-17-8-7-16-43(45)44-27-26-42(31-46(44)47)48(40-24-22-34(23-25-40)38-20-18-32-10-3-5-12-35(32)28-38)41-15-9-14-37(30-41)39-21-19-33-11-4-6-13-36(33)29-39/h3-31H,1-2H3/i9D,14D,15D,30D. The molecule has 0 aliphatic heterocycles. The number of hydrogen-bond donors (Lipinski definition) is 0. The van der Waals surface area contributed by atoms with Crippen molar-refractivity contribution < 1.29 is 5.48 Å². The zero-order valence-electron chi connectivity index (χ0n) is 30.9. The molecule has 1 heteroatoms. The molecular weight excluding hydrogens is 579 g/mol. The Morgan fingerprint density at radius 1 is 0.438 bits per heavy atom. The van der Waals surface area contributed by atoms with E-state index in [1.807, 2.05) is 65.6 Å². The van der Waals surface area contributed by atoms with Crippen molar-refractivity contribution in [2.75, 3.05) is 4.90 Å². The summed E-state index contributed by atoms with van der Waals surface area (Å²) in [5.41, 5.74) is 9.57. The first-order valence-corrected chi connectivity index (χ1v) is 16.4. The van der Waals surface area contributed by atoms with Gasteiger partial charge in [-0.2, -0.15) is 0 Å². The molecule has 0 N–H and O–H groups in total. The van der Waals surface area contributed by atoms with Crippen LogP contribution in [-0.4, -0.2) is 0 Å². The lowest BCUT2D eigenvalue weighted by Gasteiger charge is -2.28. The van der Waals surface area contributed by atoms with Gasteiger partial charge in [0.1, 0.15) is 0 Å². The van der Waals surface area contributed by atoms with Gasteiger partial charge in [0.15, 0.2) is 0 Å². The van der Waals surface area contributed by atoms with E-state index in [0.717, 1.165) is 33.3 Å². The third-order valence-electron chi connectivity index (χ3n) is 9.91. The topological polar surface area (TPSA) is 3.24 Å². The minimum Gasteiger partial charge on any atom is -0.310 e. The minimum atomic E-state index is -0.261. The van der Waals surface area contributed by atoms with Crippen LogP contribution in [0.2, 0.25) is 0 Å². The summed E-state index contributed by atoms with van der Waals surface area (Å²) in [6, 6.07) is 51.4. The van der Waals surface area contributed by atoms with E-state index in [9.17, 15) is 2.74 Å². The molecule has 0 radical (unpaired) electrons. The molecule has 0 aromatic heterocycles. The van der Waals surface area contributed by atoms with Gasteiger partial charge in [-0.1, -0.05) is 141 Å². The first kappa shape index (κ1) is 24.3. The molecule has 0 fully saturated rings. The first-order valence-electron chi connectivity index (χ1n) is 18.4. The van der Waals surface area contributed by atoms with Crippen LogP contribution in [0, 0.1) is 0 Å². The summed E-state index contributed by atoms with van der Waals surface area (Å²) in [5.74, 6) is 0. The summed E-state index contributed by atoms with van der Waals surface area (Å²) in [4.78, 5) is 1.94. The molecule has 9 rings (SSSR count). The van der Waals surface area contributed by atoms with Crippen LogP contribution in [0.5, 0.6) is 0 Å².